The second-order valence-electron chi connectivity index (χ2n) is 6.31. The number of fused-ring (bicyclic) bond motifs is 1. The van der Waals surface area contributed by atoms with Crippen LogP contribution in [0.25, 0.3) is 10.8 Å². The van der Waals surface area contributed by atoms with Crippen LogP contribution in [-0.2, 0) is 0 Å². The first kappa shape index (κ1) is 19.6. The van der Waals surface area contributed by atoms with Crippen LogP contribution in [0.15, 0.2) is 47.3 Å². The maximum atomic E-state index is 11.8. The second-order valence-corrected chi connectivity index (χ2v) is 6.72. The Morgan fingerprint density at radius 3 is 2.75 bits per heavy atom. The minimum atomic E-state index is -0.189. The smallest absolute Gasteiger partial charge is 0.272 e. The second kappa shape index (κ2) is 9.18. The van der Waals surface area contributed by atoms with Crippen LogP contribution in [-0.4, -0.2) is 35.5 Å². The Kier molecular flexibility index (Phi) is 6.44. The average molecular weight is 398 g/mol. The van der Waals surface area contributed by atoms with E-state index in [-0.39, 0.29) is 5.56 Å². The molecule has 0 fully saturated rings. The molecule has 0 bridgehead atoms. The molecular formula is C20H23N5O2S. The van der Waals surface area contributed by atoms with Crippen molar-refractivity contribution in [2.24, 2.45) is 0 Å². The molecule has 1 heterocycles. The van der Waals surface area contributed by atoms with E-state index in [0.29, 0.717) is 29.4 Å². The number of aryl methyl sites for hydroxylation is 1. The Balaban J connectivity index is 1.48. The number of aromatic amines is 1. The summed E-state index contributed by atoms with van der Waals surface area (Å²) < 4.78 is 5.34. The first-order valence-corrected chi connectivity index (χ1v) is 9.40. The molecular weight excluding hydrogens is 374 g/mol. The van der Waals surface area contributed by atoms with Gasteiger partial charge >= 0.3 is 0 Å². The number of hydrogen-bond donors (Lipinski definition) is 4. The maximum absolute atomic E-state index is 11.8. The Labute approximate surface area is 168 Å². The highest BCUT2D eigenvalue weighted by Gasteiger charge is 2.06. The van der Waals surface area contributed by atoms with Crippen molar-refractivity contribution in [3.05, 3.63) is 58.4 Å². The Bertz CT molecular complexity index is 1030. The molecule has 1 aromatic heterocycles. The number of nitrogens with zero attached hydrogens (tertiary/aromatic N) is 1. The molecule has 0 saturated carbocycles. The zero-order valence-corrected chi connectivity index (χ0v) is 16.7. The number of hydrogen-bond acceptors (Lipinski definition) is 5. The fourth-order valence-electron chi connectivity index (χ4n) is 2.83. The van der Waals surface area contributed by atoms with Gasteiger partial charge in [0.25, 0.3) is 5.56 Å². The van der Waals surface area contributed by atoms with E-state index >= 15 is 0 Å². The fraction of sp³-hybridized carbons (Fsp3) is 0.250. The van der Waals surface area contributed by atoms with E-state index in [1.165, 1.54) is 0 Å². The van der Waals surface area contributed by atoms with Crippen molar-refractivity contribution in [2.45, 2.75) is 13.3 Å². The summed E-state index contributed by atoms with van der Waals surface area (Å²) in [5.41, 5.74) is 1.77. The van der Waals surface area contributed by atoms with Gasteiger partial charge in [0.15, 0.2) is 10.9 Å². The van der Waals surface area contributed by atoms with Gasteiger partial charge in [-0.05, 0) is 49.3 Å². The van der Waals surface area contributed by atoms with E-state index in [1.54, 1.807) is 13.2 Å². The van der Waals surface area contributed by atoms with Crippen molar-refractivity contribution < 1.29 is 4.74 Å². The normalized spacial score (nSPS) is 10.5. The van der Waals surface area contributed by atoms with Gasteiger partial charge in [-0.25, -0.2) is 5.10 Å². The van der Waals surface area contributed by atoms with Crippen LogP contribution in [0.4, 0.5) is 11.5 Å². The summed E-state index contributed by atoms with van der Waals surface area (Å²) in [6.45, 7) is 3.39. The van der Waals surface area contributed by atoms with Crippen LogP contribution in [0.2, 0.25) is 0 Å². The average Bonchev–Trinajstić information content (AvgIpc) is 2.70. The van der Waals surface area contributed by atoms with Gasteiger partial charge in [0, 0.05) is 18.5 Å². The minimum Gasteiger partial charge on any atom is -0.495 e. The zero-order chi connectivity index (χ0) is 19.9. The number of ether oxygens (including phenoxy) is 1. The Morgan fingerprint density at radius 2 is 1.96 bits per heavy atom. The molecule has 146 valence electrons. The van der Waals surface area contributed by atoms with Crippen molar-refractivity contribution in [3.63, 3.8) is 0 Å². The van der Waals surface area contributed by atoms with E-state index in [1.807, 2.05) is 43.3 Å². The first-order valence-electron chi connectivity index (χ1n) is 8.99. The lowest BCUT2D eigenvalue weighted by Gasteiger charge is -2.14. The largest absolute Gasteiger partial charge is 0.495 e. The summed E-state index contributed by atoms with van der Waals surface area (Å²) in [5.74, 6) is 1.41. The molecule has 0 atom stereocenters. The molecule has 7 nitrogen and oxygen atoms in total. The highest BCUT2D eigenvalue weighted by atomic mass is 32.1. The molecule has 2 aromatic carbocycles. The third kappa shape index (κ3) is 4.77. The lowest BCUT2D eigenvalue weighted by molar-refractivity contribution is 0.417. The molecule has 0 aliphatic carbocycles. The minimum absolute atomic E-state index is 0.189. The SMILES string of the molecule is COc1ccc(C)cc1NC(=S)NCCCNc1n[nH]c(=O)c2ccccc12. The third-order valence-electron chi connectivity index (χ3n) is 4.23. The first-order chi connectivity index (χ1) is 13.6. The van der Waals surface area contributed by atoms with Crippen molar-refractivity contribution in [1.29, 1.82) is 0 Å². The van der Waals surface area contributed by atoms with E-state index < -0.39 is 0 Å². The van der Waals surface area contributed by atoms with Crippen molar-refractivity contribution >= 4 is 39.6 Å². The number of H-pyrrole nitrogens is 1. The molecule has 3 aromatic rings. The van der Waals surface area contributed by atoms with Crippen LogP contribution in [0.1, 0.15) is 12.0 Å². The molecule has 3 rings (SSSR count). The van der Waals surface area contributed by atoms with Gasteiger partial charge in [0.1, 0.15) is 5.75 Å². The number of methoxy groups -OCH3 is 1. The number of aromatic nitrogens is 2. The predicted octanol–water partition coefficient (Wildman–Crippen LogP) is 3.03. The standard InChI is InChI=1S/C20H23N5O2S/c1-13-8-9-17(27-2)16(12-13)23-20(28)22-11-5-10-21-18-14-6-3-4-7-15(14)19(26)25-24-18/h3-4,6-9,12H,5,10-11H2,1-2H3,(H,21,24)(H,25,26)(H2,22,23,28). The molecule has 0 unspecified atom stereocenters. The molecule has 8 heteroatoms. The lowest BCUT2D eigenvalue weighted by atomic mass is 10.2. The number of thiocarbonyl (C=S) groups is 1. The van der Waals surface area contributed by atoms with E-state index in [2.05, 4.69) is 26.1 Å². The molecule has 0 spiro atoms. The van der Waals surface area contributed by atoms with Crippen molar-refractivity contribution in [2.75, 3.05) is 30.8 Å². The van der Waals surface area contributed by atoms with Gasteiger partial charge in [-0.1, -0.05) is 24.3 Å². The van der Waals surface area contributed by atoms with Crippen molar-refractivity contribution in [3.8, 4) is 5.75 Å². The number of nitrogens with one attached hydrogen (secondary N) is 4. The number of anilines is 2. The lowest BCUT2D eigenvalue weighted by Crippen LogP contribution is -2.30. The molecule has 4 N–H and O–H groups in total. The molecule has 0 amide bonds. The highest BCUT2D eigenvalue weighted by molar-refractivity contribution is 7.80. The monoisotopic (exact) mass is 397 g/mol. The summed E-state index contributed by atoms with van der Waals surface area (Å²) in [4.78, 5) is 11.8. The third-order valence-corrected chi connectivity index (χ3v) is 4.48. The predicted molar refractivity (Wildman–Crippen MR) is 117 cm³/mol. The number of benzene rings is 2. The van der Waals surface area contributed by atoms with Crippen LogP contribution in [0, 0.1) is 6.92 Å². The van der Waals surface area contributed by atoms with Gasteiger partial charge in [0.05, 0.1) is 18.2 Å². The Morgan fingerprint density at radius 1 is 1.18 bits per heavy atom. The summed E-state index contributed by atoms with van der Waals surface area (Å²) in [7, 11) is 1.63. The van der Waals surface area contributed by atoms with Gasteiger partial charge < -0.3 is 20.7 Å². The topological polar surface area (TPSA) is 91.1 Å². The fourth-order valence-corrected chi connectivity index (χ4v) is 3.04. The van der Waals surface area contributed by atoms with Crippen LogP contribution in [0.5, 0.6) is 5.75 Å². The van der Waals surface area contributed by atoms with E-state index in [0.717, 1.165) is 28.8 Å². The van der Waals surface area contributed by atoms with Gasteiger partial charge in [-0.3, -0.25) is 4.79 Å². The molecule has 0 aliphatic rings. The Hall–Kier alpha value is -3.13. The van der Waals surface area contributed by atoms with Crippen LogP contribution >= 0.6 is 12.2 Å². The molecule has 0 aliphatic heterocycles. The van der Waals surface area contributed by atoms with Gasteiger partial charge in [-0.15, -0.1) is 0 Å². The highest BCUT2D eigenvalue weighted by Crippen LogP contribution is 2.25. The van der Waals surface area contributed by atoms with Gasteiger partial charge in [0.2, 0.25) is 0 Å². The molecule has 28 heavy (non-hydrogen) atoms. The summed E-state index contributed by atoms with van der Waals surface area (Å²) in [5, 5.41) is 18.2. The maximum Gasteiger partial charge on any atom is 0.272 e. The quantitative estimate of drug-likeness (QED) is 0.360. The van der Waals surface area contributed by atoms with E-state index in [9.17, 15) is 4.79 Å². The summed E-state index contributed by atoms with van der Waals surface area (Å²) in [6, 6.07) is 13.3. The zero-order valence-electron chi connectivity index (χ0n) is 15.8. The summed E-state index contributed by atoms with van der Waals surface area (Å²) in [6.07, 6.45) is 0.821. The van der Waals surface area contributed by atoms with Crippen LogP contribution in [0.3, 0.4) is 0 Å². The van der Waals surface area contributed by atoms with Crippen LogP contribution < -0.4 is 26.2 Å². The summed E-state index contributed by atoms with van der Waals surface area (Å²) >= 11 is 5.36. The van der Waals surface area contributed by atoms with E-state index in [4.69, 9.17) is 17.0 Å². The number of rotatable bonds is 7. The van der Waals surface area contributed by atoms with Crippen molar-refractivity contribution in [1.82, 2.24) is 15.5 Å². The molecule has 0 radical (unpaired) electrons. The van der Waals surface area contributed by atoms with Gasteiger partial charge in [-0.2, -0.15) is 5.10 Å². The molecule has 0 saturated heterocycles.